The summed E-state index contributed by atoms with van der Waals surface area (Å²) >= 11 is 1.21. The Bertz CT molecular complexity index is 1010. The van der Waals surface area contributed by atoms with Gasteiger partial charge in [0.15, 0.2) is 5.17 Å². The summed E-state index contributed by atoms with van der Waals surface area (Å²) in [5, 5.41) is 2.59. The number of ether oxygens (including phenoxy) is 2. The van der Waals surface area contributed by atoms with Gasteiger partial charge in [0, 0.05) is 13.5 Å². The van der Waals surface area contributed by atoms with Crippen molar-refractivity contribution in [2.45, 2.75) is 18.6 Å². The monoisotopic (exact) mass is 441 g/mol. The Balaban J connectivity index is 1.76. The van der Waals surface area contributed by atoms with Gasteiger partial charge < -0.3 is 14.8 Å². The van der Waals surface area contributed by atoms with Gasteiger partial charge >= 0.3 is 5.97 Å². The number of nitrogens with zero attached hydrogens (tertiary/aromatic N) is 2. The highest BCUT2D eigenvalue weighted by Gasteiger charge is 2.34. The minimum absolute atomic E-state index is 0.0585. The van der Waals surface area contributed by atoms with E-state index in [4.69, 9.17) is 9.47 Å². The zero-order valence-corrected chi connectivity index (χ0v) is 18.3. The molecule has 2 aromatic rings. The lowest BCUT2D eigenvalue weighted by atomic mass is 10.2. The third-order valence-electron chi connectivity index (χ3n) is 4.53. The van der Waals surface area contributed by atoms with Gasteiger partial charge in [0.25, 0.3) is 0 Å². The molecule has 0 spiro atoms. The lowest BCUT2D eigenvalue weighted by molar-refractivity contribution is -0.128. The molecule has 1 N–H and O–H groups in total. The van der Waals surface area contributed by atoms with Crippen molar-refractivity contribution in [1.29, 1.82) is 0 Å². The zero-order valence-electron chi connectivity index (χ0n) is 17.5. The van der Waals surface area contributed by atoms with E-state index in [9.17, 15) is 14.4 Å². The first-order valence-corrected chi connectivity index (χ1v) is 10.5. The van der Waals surface area contributed by atoms with Gasteiger partial charge in [-0.2, -0.15) is 0 Å². The van der Waals surface area contributed by atoms with E-state index in [1.165, 1.54) is 23.8 Å². The third kappa shape index (κ3) is 5.43. The molecule has 0 aromatic heterocycles. The van der Waals surface area contributed by atoms with Crippen LogP contribution in [0.3, 0.4) is 0 Å². The topological polar surface area (TPSA) is 97.3 Å². The summed E-state index contributed by atoms with van der Waals surface area (Å²) < 4.78 is 10.2. The van der Waals surface area contributed by atoms with Crippen LogP contribution in [0.2, 0.25) is 0 Å². The quantitative estimate of drug-likeness (QED) is 0.690. The minimum atomic E-state index is -0.633. The molecule has 8 nitrogen and oxygen atoms in total. The van der Waals surface area contributed by atoms with Gasteiger partial charge in [-0.15, -0.1) is 0 Å². The van der Waals surface area contributed by atoms with Crippen molar-refractivity contribution in [3.8, 4) is 5.75 Å². The van der Waals surface area contributed by atoms with Crippen molar-refractivity contribution in [2.75, 3.05) is 26.1 Å². The third-order valence-corrected chi connectivity index (χ3v) is 5.77. The minimum Gasteiger partial charge on any atom is -0.495 e. The fraction of sp³-hybridized carbons (Fsp3) is 0.273. The molecule has 3 rings (SSSR count). The van der Waals surface area contributed by atoms with Gasteiger partial charge in [0.1, 0.15) is 11.0 Å². The van der Waals surface area contributed by atoms with Gasteiger partial charge in [0.2, 0.25) is 11.8 Å². The van der Waals surface area contributed by atoms with E-state index >= 15 is 0 Å². The summed E-state index contributed by atoms with van der Waals surface area (Å²) in [5.41, 5.74) is 1.51. The predicted octanol–water partition coefficient (Wildman–Crippen LogP) is 3.46. The molecule has 0 radical (unpaired) electrons. The van der Waals surface area contributed by atoms with E-state index in [1.807, 2.05) is 0 Å². The molecular formula is C22H23N3O5S. The molecule has 9 heteroatoms. The van der Waals surface area contributed by atoms with Gasteiger partial charge in [-0.3, -0.25) is 14.5 Å². The number of rotatable bonds is 6. The van der Waals surface area contributed by atoms with Crippen LogP contribution in [0.4, 0.5) is 11.4 Å². The Kier molecular flexibility index (Phi) is 7.30. The number of para-hydroxylation sites is 2. The molecule has 0 saturated carbocycles. The highest BCUT2D eigenvalue weighted by atomic mass is 32.2. The molecule has 2 amide bonds. The number of amides is 2. The van der Waals surface area contributed by atoms with Crippen LogP contribution >= 0.6 is 11.8 Å². The molecule has 1 aliphatic heterocycles. The number of methoxy groups -OCH3 is 1. The number of thioether (sulfide) groups is 1. The van der Waals surface area contributed by atoms with E-state index in [1.54, 1.807) is 62.5 Å². The summed E-state index contributed by atoms with van der Waals surface area (Å²) in [6.45, 7) is 2.04. The van der Waals surface area contributed by atoms with Gasteiger partial charge in [-0.05, 0) is 43.3 Å². The molecule has 0 bridgehead atoms. The van der Waals surface area contributed by atoms with Gasteiger partial charge in [0.05, 0.1) is 30.7 Å². The summed E-state index contributed by atoms with van der Waals surface area (Å²) in [4.78, 5) is 43.0. The zero-order chi connectivity index (χ0) is 22.4. The molecule has 0 aliphatic carbocycles. The SMILES string of the molecule is CCOC(=O)c1ccc(N=C2S[C@H](C(=O)Nc3ccccc3OC)CC(=O)N2C)cc1. The first-order chi connectivity index (χ1) is 14.9. The summed E-state index contributed by atoms with van der Waals surface area (Å²) in [6, 6.07) is 13.6. The average molecular weight is 442 g/mol. The van der Waals surface area contributed by atoms with Crippen molar-refractivity contribution < 1.29 is 23.9 Å². The van der Waals surface area contributed by atoms with E-state index in [2.05, 4.69) is 10.3 Å². The van der Waals surface area contributed by atoms with Crippen molar-refractivity contribution in [3.63, 3.8) is 0 Å². The Hall–Kier alpha value is -3.33. The van der Waals surface area contributed by atoms with Gasteiger partial charge in [-0.25, -0.2) is 9.79 Å². The van der Waals surface area contributed by atoms with E-state index in [0.717, 1.165) is 0 Å². The van der Waals surface area contributed by atoms with Crippen LogP contribution in [0, 0.1) is 0 Å². The highest BCUT2D eigenvalue weighted by Crippen LogP contribution is 2.30. The normalized spacial score (nSPS) is 17.4. The van der Waals surface area contributed by atoms with Gasteiger partial charge in [-0.1, -0.05) is 23.9 Å². The molecule has 162 valence electrons. The van der Waals surface area contributed by atoms with Crippen LogP contribution in [0.15, 0.2) is 53.5 Å². The van der Waals surface area contributed by atoms with Crippen molar-refractivity contribution in [2.24, 2.45) is 4.99 Å². The van der Waals surface area contributed by atoms with Crippen LogP contribution in [-0.4, -0.2) is 53.9 Å². The Morgan fingerprint density at radius 2 is 1.90 bits per heavy atom. The number of esters is 1. The lowest BCUT2D eigenvalue weighted by Gasteiger charge is -2.29. The first-order valence-electron chi connectivity index (χ1n) is 9.66. The standard InChI is InChI=1S/C22H23N3O5S/c1-4-30-21(28)14-9-11-15(12-10-14)23-22-25(2)19(26)13-18(31-22)20(27)24-16-7-5-6-8-17(16)29-3/h5-12,18H,4,13H2,1-3H3,(H,24,27)/t18-/m0/s1. The fourth-order valence-corrected chi connectivity index (χ4v) is 3.92. The molecule has 31 heavy (non-hydrogen) atoms. The molecule has 1 atom stereocenters. The molecule has 1 fully saturated rings. The second kappa shape index (κ2) is 10.1. The predicted molar refractivity (Wildman–Crippen MR) is 120 cm³/mol. The lowest BCUT2D eigenvalue weighted by Crippen LogP contribution is -2.43. The summed E-state index contributed by atoms with van der Waals surface area (Å²) in [7, 11) is 3.15. The largest absolute Gasteiger partial charge is 0.495 e. The number of hydrogen-bond acceptors (Lipinski definition) is 7. The van der Waals surface area contributed by atoms with Crippen LogP contribution in [0.25, 0.3) is 0 Å². The van der Waals surface area contributed by atoms with E-state index < -0.39 is 11.2 Å². The maximum absolute atomic E-state index is 12.8. The molecule has 1 heterocycles. The second-order valence-corrected chi connectivity index (χ2v) is 7.78. The number of carbonyl (C=O) groups is 3. The molecule has 2 aromatic carbocycles. The van der Waals surface area contributed by atoms with Crippen molar-refractivity contribution in [3.05, 3.63) is 54.1 Å². The highest BCUT2D eigenvalue weighted by molar-refractivity contribution is 8.15. The number of nitrogens with one attached hydrogen (secondary N) is 1. The molecule has 0 unspecified atom stereocenters. The van der Waals surface area contributed by atoms with Crippen LogP contribution in [0.5, 0.6) is 5.75 Å². The Morgan fingerprint density at radius 1 is 1.19 bits per heavy atom. The van der Waals surface area contributed by atoms with E-state index in [0.29, 0.717) is 34.5 Å². The molecule has 1 saturated heterocycles. The first kappa shape index (κ1) is 22.4. The van der Waals surface area contributed by atoms with Crippen molar-refractivity contribution >= 4 is 46.1 Å². The summed E-state index contributed by atoms with van der Waals surface area (Å²) in [5.74, 6) is -0.382. The Morgan fingerprint density at radius 3 is 2.58 bits per heavy atom. The second-order valence-electron chi connectivity index (χ2n) is 6.61. The number of benzene rings is 2. The number of anilines is 1. The van der Waals surface area contributed by atoms with Crippen LogP contribution < -0.4 is 10.1 Å². The summed E-state index contributed by atoms with van der Waals surface area (Å²) in [6.07, 6.45) is 0.0585. The molecular weight excluding hydrogens is 418 g/mol. The molecule has 1 aliphatic rings. The smallest absolute Gasteiger partial charge is 0.338 e. The number of amidine groups is 1. The van der Waals surface area contributed by atoms with Crippen LogP contribution in [0.1, 0.15) is 23.7 Å². The maximum atomic E-state index is 12.8. The van der Waals surface area contributed by atoms with Crippen LogP contribution in [-0.2, 0) is 14.3 Å². The van der Waals surface area contributed by atoms with Crippen molar-refractivity contribution in [1.82, 2.24) is 4.90 Å². The fourth-order valence-electron chi connectivity index (χ4n) is 2.86. The number of hydrogen-bond donors (Lipinski definition) is 1. The number of aliphatic imine (C=N–C) groups is 1. The average Bonchev–Trinajstić information content (AvgIpc) is 2.77. The number of carbonyl (C=O) groups excluding carboxylic acids is 3. The maximum Gasteiger partial charge on any atom is 0.338 e. The Labute approximate surface area is 184 Å². The van der Waals surface area contributed by atoms with E-state index in [-0.39, 0.29) is 18.2 Å².